The topological polar surface area (TPSA) is 94.9 Å². The molecule has 0 atom stereocenters. The smallest absolute Gasteiger partial charge is 0.290 e. The number of nitro groups is 1. The number of carbonyl (C=O) groups is 1. The van der Waals surface area contributed by atoms with Crippen molar-refractivity contribution in [1.29, 1.82) is 0 Å². The summed E-state index contributed by atoms with van der Waals surface area (Å²) in [4.78, 5) is 34.3. The Morgan fingerprint density at radius 2 is 1.74 bits per heavy atom. The molecular weight excluding hydrogens is 468 g/mol. The largest absolute Gasteiger partial charge is 0.369 e. The van der Waals surface area contributed by atoms with Crippen LogP contribution in [0.4, 0.5) is 17.2 Å². The number of hydrogen-bond donors (Lipinski definition) is 1. The van der Waals surface area contributed by atoms with Gasteiger partial charge in [0, 0.05) is 75.1 Å². The molecule has 0 saturated carbocycles. The molecule has 4 rings (SSSR count). The van der Waals surface area contributed by atoms with Crippen molar-refractivity contribution in [3.05, 3.63) is 57.2 Å². The van der Waals surface area contributed by atoms with Crippen LogP contribution in [0.3, 0.4) is 0 Å². The number of amides is 1. The van der Waals surface area contributed by atoms with Crippen LogP contribution in [0.5, 0.6) is 0 Å². The van der Waals surface area contributed by atoms with Gasteiger partial charge in [-0.15, -0.1) is 0 Å². The van der Waals surface area contributed by atoms with E-state index in [1.54, 1.807) is 13.0 Å². The highest BCUT2D eigenvalue weighted by atomic mass is 35.5. The normalized spacial score (nSPS) is 17.1. The zero-order chi connectivity index (χ0) is 24.1. The Balaban J connectivity index is 0.00000342. The van der Waals surface area contributed by atoms with Crippen LogP contribution >= 0.6 is 11.6 Å². The molecule has 3 heterocycles. The van der Waals surface area contributed by atoms with E-state index in [0.717, 1.165) is 50.6 Å². The molecule has 1 N–H and O–H groups in total. The molecule has 0 aliphatic carbocycles. The van der Waals surface area contributed by atoms with Crippen LogP contribution in [0.1, 0.15) is 32.4 Å². The van der Waals surface area contributed by atoms with E-state index in [1.807, 2.05) is 17.0 Å². The van der Waals surface area contributed by atoms with Crippen LogP contribution in [0, 0.1) is 17.0 Å². The Morgan fingerprint density at radius 3 is 2.34 bits per heavy atom. The van der Waals surface area contributed by atoms with E-state index < -0.39 is 4.92 Å². The molecule has 1 aromatic heterocycles. The molecule has 35 heavy (non-hydrogen) atoms. The molecule has 2 aliphatic rings. The molecule has 9 nitrogen and oxygen atoms in total. The van der Waals surface area contributed by atoms with E-state index in [0.29, 0.717) is 31.0 Å². The van der Waals surface area contributed by atoms with Crippen LogP contribution in [0.2, 0.25) is 5.02 Å². The van der Waals surface area contributed by atoms with Gasteiger partial charge in [-0.3, -0.25) is 19.8 Å². The maximum Gasteiger partial charge on any atom is 0.290 e. The molecule has 0 radical (unpaired) electrons. The van der Waals surface area contributed by atoms with Gasteiger partial charge in [0.15, 0.2) is 0 Å². The van der Waals surface area contributed by atoms with Crippen molar-refractivity contribution in [3.63, 3.8) is 0 Å². The highest BCUT2D eigenvalue weighted by Crippen LogP contribution is 2.22. The van der Waals surface area contributed by atoms with E-state index in [2.05, 4.69) is 32.2 Å². The first-order valence-electron chi connectivity index (χ1n) is 11.8. The monoisotopic (exact) mass is 502 g/mol. The zero-order valence-electron chi connectivity index (χ0n) is 19.5. The Bertz CT molecular complexity index is 1000. The molecule has 2 fully saturated rings. The molecule has 0 spiro atoms. The summed E-state index contributed by atoms with van der Waals surface area (Å²) in [6.45, 7) is 7.65. The van der Waals surface area contributed by atoms with E-state index in [4.69, 9.17) is 11.6 Å². The number of hydrogen-bond acceptors (Lipinski definition) is 7. The first kappa shape index (κ1) is 26.7. The van der Waals surface area contributed by atoms with E-state index in [-0.39, 0.29) is 25.1 Å². The molecule has 0 unspecified atom stereocenters. The van der Waals surface area contributed by atoms with Crippen LogP contribution < -0.4 is 10.2 Å². The van der Waals surface area contributed by atoms with Gasteiger partial charge in [-0.1, -0.05) is 19.0 Å². The van der Waals surface area contributed by atoms with Gasteiger partial charge in [0.05, 0.1) is 4.92 Å². The molecule has 0 bridgehead atoms. The number of rotatable bonds is 7. The number of pyridine rings is 1. The third-order valence-electron chi connectivity index (χ3n) is 6.66. The minimum atomic E-state index is -0.421. The van der Waals surface area contributed by atoms with Gasteiger partial charge in [-0.05, 0) is 50.1 Å². The summed E-state index contributed by atoms with van der Waals surface area (Å²) in [5.74, 6) is 0.855. The van der Waals surface area contributed by atoms with Crippen LogP contribution in [0.25, 0.3) is 0 Å². The Morgan fingerprint density at radius 1 is 1.09 bits per heavy atom. The SMILES string of the molecule is C.Cc1nc(NC2CCN(C(=O)CCN3CCN(c4ccc(Cl)cc4)CC3)CC2)ccc1[N+](=O)[O-]. The van der Waals surface area contributed by atoms with E-state index in [9.17, 15) is 14.9 Å². The number of carbonyl (C=O) groups excluding carboxylic acids is 1. The second-order valence-electron chi connectivity index (χ2n) is 8.91. The third-order valence-corrected chi connectivity index (χ3v) is 6.91. The van der Waals surface area contributed by atoms with Gasteiger partial charge >= 0.3 is 0 Å². The molecule has 10 heteroatoms. The lowest BCUT2D eigenvalue weighted by atomic mass is 10.0. The predicted octanol–water partition coefficient (Wildman–Crippen LogP) is 4.20. The van der Waals surface area contributed by atoms with E-state index >= 15 is 0 Å². The average molecular weight is 503 g/mol. The van der Waals surface area contributed by atoms with Crippen molar-refractivity contribution in [2.24, 2.45) is 0 Å². The summed E-state index contributed by atoms with van der Waals surface area (Å²) in [6, 6.07) is 11.3. The number of piperazine rings is 1. The van der Waals surface area contributed by atoms with E-state index in [1.165, 1.54) is 11.8 Å². The van der Waals surface area contributed by atoms with Crippen LogP contribution in [-0.4, -0.2) is 77.5 Å². The first-order valence-corrected chi connectivity index (χ1v) is 12.2. The molecule has 2 aliphatic heterocycles. The maximum atomic E-state index is 12.7. The fraction of sp³-hybridized carbons (Fsp3) is 0.520. The molecule has 2 aromatic rings. The van der Waals surface area contributed by atoms with Crippen LogP contribution in [0.15, 0.2) is 36.4 Å². The van der Waals surface area contributed by atoms with Gasteiger partial charge in [0.25, 0.3) is 5.69 Å². The highest BCUT2D eigenvalue weighted by Gasteiger charge is 2.24. The lowest BCUT2D eigenvalue weighted by Gasteiger charge is -2.37. The quantitative estimate of drug-likeness (QED) is 0.447. The number of piperidine rings is 1. The first-order chi connectivity index (χ1) is 16.4. The number of anilines is 2. The molecule has 190 valence electrons. The summed E-state index contributed by atoms with van der Waals surface area (Å²) >= 11 is 5.98. The number of halogens is 1. The van der Waals surface area contributed by atoms with Gasteiger partial charge in [0.2, 0.25) is 5.91 Å². The summed E-state index contributed by atoms with van der Waals surface area (Å²) in [5.41, 5.74) is 1.62. The maximum absolute atomic E-state index is 12.7. The predicted molar refractivity (Wildman–Crippen MR) is 140 cm³/mol. The molecular formula is C25H35ClN6O3. The van der Waals surface area contributed by atoms with Crippen molar-refractivity contribution in [2.45, 2.75) is 39.7 Å². The number of aromatic nitrogens is 1. The lowest BCUT2D eigenvalue weighted by Crippen LogP contribution is -2.48. The van der Waals surface area contributed by atoms with Crippen molar-refractivity contribution >= 4 is 34.7 Å². The molecule has 1 aromatic carbocycles. The van der Waals surface area contributed by atoms with Gasteiger partial charge in [0.1, 0.15) is 11.5 Å². The zero-order valence-corrected chi connectivity index (χ0v) is 20.2. The van der Waals surface area contributed by atoms with Gasteiger partial charge < -0.3 is 15.1 Å². The van der Waals surface area contributed by atoms with Gasteiger partial charge in [-0.25, -0.2) is 4.98 Å². The highest BCUT2D eigenvalue weighted by molar-refractivity contribution is 6.30. The molecule has 2 saturated heterocycles. The fourth-order valence-corrected chi connectivity index (χ4v) is 4.73. The fourth-order valence-electron chi connectivity index (χ4n) is 4.60. The number of nitrogens with zero attached hydrogens (tertiary/aromatic N) is 5. The summed E-state index contributed by atoms with van der Waals surface area (Å²) < 4.78 is 0. The summed E-state index contributed by atoms with van der Waals surface area (Å²) in [6.07, 6.45) is 2.22. The Hall–Kier alpha value is -2.91. The third kappa shape index (κ3) is 7.05. The van der Waals surface area contributed by atoms with Gasteiger partial charge in [-0.2, -0.15) is 0 Å². The molecule has 1 amide bonds. The second-order valence-corrected chi connectivity index (χ2v) is 9.35. The van der Waals surface area contributed by atoms with Crippen LogP contribution in [-0.2, 0) is 4.79 Å². The summed E-state index contributed by atoms with van der Waals surface area (Å²) in [5, 5.41) is 15.1. The lowest BCUT2D eigenvalue weighted by molar-refractivity contribution is -0.385. The average Bonchev–Trinajstić information content (AvgIpc) is 2.84. The summed E-state index contributed by atoms with van der Waals surface area (Å²) in [7, 11) is 0. The number of likely N-dealkylation sites (tertiary alicyclic amines) is 1. The number of aryl methyl sites for hydroxylation is 1. The van der Waals surface area contributed by atoms with Crippen molar-refractivity contribution in [3.8, 4) is 0 Å². The van der Waals surface area contributed by atoms with Crippen molar-refractivity contribution < 1.29 is 9.72 Å². The van der Waals surface area contributed by atoms with Crippen molar-refractivity contribution in [1.82, 2.24) is 14.8 Å². The number of nitrogens with one attached hydrogen (secondary N) is 1. The minimum Gasteiger partial charge on any atom is -0.369 e. The Labute approximate surface area is 212 Å². The van der Waals surface area contributed by atoms with Crippen molar-refractivity contribution in [2.75, 3.05) is 56.0 Å². The minimum absolute atomic E-state index is 0. The standard InChI is InChI=1S/C24H31ClN6O3.CH4/c1-18-22(31(33)34)6-7-23(26-18)27-20-8-12-30(13-9-20)24(32)10-11-28-14-16-29(17-15-28)21-4-2-19(25)3-5-21;/h2-7,20H,8-17H2,1H3,(H,26,27);1H4. The second kappa shape index (κ2) is 12.2. The Kier molecular flexibility index (Phi) is 9.28. The number of benzene rings is 1.